The van der Waals surface area contributed by atoms with Crippen molar-refractivity contribution in [2.45, 2.75) is 34.1 Å². The maximum atomic E-state index is 11.2. The van der Waals surface area contributed by atoms with E-state index in [2.05, 4.69) is 79.3 Å². The van der Waals surface area contributed by atoms with Gasteiger partial charge in [0.1, 0.15) is 0 Å². The summed E-state index contributed by atoms with van der Waals surface area (Å²) in [6.07, 6.45) is 7.20. The number of allylic oxidation sites excluding steroid dienone is 2. The van der Waals surface area contributed by atoms with Crippen molar-refractivity contribution in [2.75, 3.05) is 24.5 Å². The molecule has 1 aliphatic rings. The fourth-order valence-corrected chi connectivity index (χ4v) is 4.78. The van der Waals surface area contributed by atoms with E-state index in [1.165, 1.54) is 38.2 Å². The molecule has 4 rings (SSSR count). The predicted molar refractivity (Wildman–Crippen MR) is 140 cm³/mol. The van der Waals surface area contributed by atoms with Gasteiger partial charge in [-0.05, 0) is 96.8 Å². The number of isocyanates is 1. The third kappa shape index (κ3) is 4.35. The monoisotopic (exact) mass is 437 g/mol. The lowest BCUT2D eigenvalue weighted by Gasteiger charge is -2.22. The molecule has 3 aromatic rings. The van der Waals surface area contributed by atoms with Gasteiger partial charge in [0.05, 0.1) is 5.69 Å². The van der Waals surface area contributed by atoms with Crippen molar-refractivity contribution in [3.05, 3.63) is 70.2 Å². The first-order valence-electron chi connectivity index (χ1n) is 11.8. The van der Waals surface area contributed by atoms with Gasteiger partial charge in [-0.25, -0.2) is 4.79 Å². The highest BCUT2D eigenvalue weighted by atomic mass is 16.1. The van der Waals surface area contributed by atoms with Crippen molar-refractivity contribution >= 4 is 40.4 Å². The molecular weight excluding hydrogens is 406 g/mol. The Morgan fingerprint density at radius 1 is 1.09 bits per heavy atom. The second kappa shape index (κ2) is 9.89. The number of nitrogens with zero attached hydrogens (tertiary/aromatic N) is 2. The van der Waals surface area contributed by atoms with Crippen LogP contribution in [-0.2, 0) is 4.79 Å². The molecule has 168 valence electrons. The topological polar surface area (TPSA) is 44.7 Å². The van der Waals surface area contributed by atoms with E-state index in [0.717, 1.165) is 37.2 Å². The minimum atomic E-state index is 0.647. The number of nitrogens with one attached hydrogen (secondary N) is 1. The van der Waals surface area contributed by atoms with Crippen LogP contribution >= 0.6 is 0 Å². The molecule has 0 spiro atoms. The van der Waals surface area contributed by atoms with Crippen molar-refractivity contribution in [1.82, 2.24) is 5.32 Å². The highest BCUT2D eigenvalue weighted by Crippen LogP contribution is 2.34. The van der Waals surface area contributed by atoms with Gasteiger partial charge in [-0.3, -0.25) is 0 Å². The summed E-state index contributed by atoms with van der Waals surface area (Å²) < 4.78 is 0. The summed E-state index contributed by atoms with van der Waals surface area (Å²) in [6, 6.07) is 16.8. The number of benzene rings is 3. The number of anilines is 1. The Morgan fingerprint density at radius 3 is 2.61 bits per heavy atom. The molecule has 0 amide bonds. The summed E-state index contributed by atoms with van der Waals surface area (Å²) in [5.41, 5.74) is 6.46. The smallest absolute Gasteiger partial charge is 0.240 e. The molecule has 1 N–H and O–H groups in total. The van der Waals surface area contributed by atoms with Crippen LogP contribution in [0, 0.1) is 0 Å². The first kappa shape index (κ1) is 22.6. The molecule has 3 aromatic carbocycles. The molecule has 0 unspecified atom stereocenters. The van der Waals surface area contributed by atoms with E-state index in [1.54, 1.807) is 6.08 Å². The first-order valence-corrected chi connectivity index (χ1v) is 11.8. The van der Waals surface area contributed by atoms with Gasteiger partial charge >= 0.3 is 0 Å². The summed E-state index contributed by atoms with van der Waals surface area (Å²) in [5, 5.41) is 8.20. The number of para-hydroxylation sites is 1. The van der Waals surface area contributed by atoms with Crippen molar-refractivity contribution in [1.29, 1.82) is 0 Å². The van der Waals surface area contributed by atoms with Gasteiger partial charge in [-0.1, -0.05) is 30.3 Å². The van der Waals surface area contributed by atoms with Crippen LogP contribution in [0.4, 0.5) is 11.4 Å². The van der Waals surface area contributed by atoms with Gasteiger partial charge in [-0.15, -0.1) is 0 Å². The SMILES string of the molecule is CCNC(C)=C1C=c2cc3cc(N(CC)CC)ccc3c(-c3ccccc3N=C=O)c2=CC1. The molecule has 1 aliphatic carbocycles. The largest absolute Gasteiger partial charge is 0.389 e. The van der Waals surface area contributed by atoms with Gasteiger partial charge in [0, 0.05) is 36.6 Å². The second-order valence-corrected chi connectivity index (χ2v) is 8.29. The maximum absolute atomic E-state index is 11.2. The molecule has 0 bridgehead atoms. The Kier molecular flexibility index (Phi) is 6.76. The van der Waals surface area contributed by atoms with Crippen molar-refractivity contribution < 1.29 is 4.79 Å². The van der Waals surface area contributed by atoms with Crippen molar-refractivity contribution in [3.8, 4) is 11.1 Å². The molecule has 0 aromatic heterocycles. The third-order valence-corrected chi connectivity index (χ3v) is 6.44. The molecule has 4 nitrogen and oxygen atoms in total. The van der Waals surface area contributed by atoms with Crippen LogP contribution in [0.3, 0.4) is 0 Å². The van der Waals surface area contributed by atoms with E-state index >= 15 is 0 Å². The van der Waals surface area contributed by atoms with Gasteiger partial charge in [0.25, 0.3) is 0 Å². The lowest BCUT2D eigenvalue weighted by molar-refractivity contribution is 0.565. The van der Waals surface area contributed by atoms with Crippen LogP contribution in [-0.4, -0.2) is 25.7 Å². The van der Waals surface area contributed by atoms with Crippen molar-refractivity contribution in [2.24, 2.45) is 4.99 Å². The molecule has 0 aliphatic heterocycles. The van der Waals surface area contributed by atoms with Gasteiger partial charge in [0.15, 0.2) is 0 Å². The summed E-state index contributed by atoms with van der Waals surface area (Å²) >= 11 is 0. The fraction of sp³-hybridized carbons (Fsp3) is 0.276. The van der Waals surface area contributed by atoms with E-state index in [1.807, 2.05) is 24.3 Å². The molecule has 0 fully saturated rings. The Labute approximate surface area is 195 Å². The normalized spacial score (nSPS) is 13.9. The first-order chi connectivity index (χ1) is 16.1. The standard InChI is InChI=1S/C29H31N3O/c1-5-30-20(4)21-12-14-25-22(16-21)17-23-18-24(32(6-2)7-3)13-15-26(23)29(25)27-10-8-9-11-28(27)31-19-33/h8-11,13-18,30H,5-7,12H2,1-4H3. The van der Waals surface area contributed by atoms with Gasteiger partial charge < -0.3 is 10.2 Å². The summed E-state index contributed by atoms with van der Waals surface area (Å²) in [5.74, 6) is 0. The minimum absolute atomic E-state index is 0.647. The summed E-state index contributed by atoms with van der Waals surface area (Å²) in [6.45, 7) is 11.5. The zero-order chi connectivity index (χ0) is 23.4. The van der Waals surface area contributed by atoms with E-state index in [9.17, 15) is 4.79 Å². The zero-order valence-corrected chi connectivity index (χ0v) is 19.9. The number of hydrogen-bond donors (Lipinski definition) is 1. The lowest BCUT2D eigenvalue weighted by Crippen LogP contribution is -2.30. The lowest BCUT2D eigenvalue weighted by atomic mass is 9.89. The second-order valence-electron chi connectivity index (χ2n) is 8.29. The third-order valence-electron chi connectivity index (χ3n) is 6.44. The number of aliphatic imine (C=N–C) groups is 1. The molecule has 33 heavy (non-hydrogen) atoms. The van der Waals surface area contributed by atoms with Crippen molar-refractivity contribution in [3.63, 3.8) is 0 Å². The highest BCUT2D eigenvalue weighted by molar-refractivity contribution is 6.01. The molecule has 0 atom stereocenters. The van der Waals surface area contributed by atoms with E-state index in [-0.39, 0.29) is 0 Å². The van der Waals surface area contributed by atoms with Crippen LogP contribution < -0.4 is 20.7 Å². The average Bonchev–Trinajstić information content (AvgIpc) is 2.84. The van der Waals surface area contributed by atoms with Crippen LogP contribution in [0.1, 0.15) is 34.1 Å². The molecule has 0 radical (unpaired) electrons. The maximum Gasteiger partial charge on any atom is 0.240 e. The Bertz CT molecular complexity index is 1390. The van der Waals surface area contributed by atoms with Gasteiger partial charge in [-0.2, -0.15) is 4.99 Å². The van der Waals surface area contributed by atoms with E-state index < -0.39 is 0 Å². The molecule has 0 saturated heterocycles. The Balaban J connectivity index is 2.10. The zero-order valence-electron chi connectivity index (χ0n) is 19.9. The Morgan fingerprint density at radius 2 is 1.88 bits per heavy atom. The van der Waals surface area contributed by atoms with Gasteiger partial charge in [0.2, 0.25) is 6.08 Å². The minimum Gasteiger partial charge on any atom is -0.389 e. The number of hydrogen-bond acceptors (Lipinski definition) is 4. The van der Waals surface area contributed by atoms with Crippen LogP contribution in [0.25, 0.3) is 34.1 Å². The average molecular weight is 438 g/mol. The fourth-order valence-electron chi connectivity index (χ4n) is 4.78. The van der Waals surface area contributed by atoms with Crippen LogP contribution in [0.5, 0.6) is 0 Å². The van der Waals surface area contributed by atoms with E-state index in [0.29, 0.717) is 5.69 Å². The molecular formula is C29H31N3O. The number of rotatable bonds is 7. The summed E-state index contributed by atoms with van der Waals surface area (Å²) in [4.78, 5) is 17.5. The Hall–Kier alpha value is -3.62. The number of fused-ring (bicyclic) bond motifs is 2. The highest BCUT2D eigenvalue weighted by Gasteiger charge is 2.15. The van der Waals surface area contributed by atoms with E-state index in [4.69, 9.17) is 0 Å². The molecule has 0 heterocycles. The predicted octanol–water partition coefficient (Wildman–Crippen LogP) is 5.17. The summed E-state index contributed by atoms with van der Waals surface area (Å²) in [7, 11) is 0. The molecule has 4 heteroatoms. The number of carbonyl (C=O) groups excluding carboxylic acids is 1. The van der Waals surface area contributed by atoms with Crippen LogP contribution in [0.2, 0.25) is 0 Å². The molecule has 0 saturated carbocycles. The quantitative estimate of drug-likeness (QED) is 0.410. The van der Waals surface area contributed by atoms with Crippen LogP contribution in [0.15, 0.2) is 64.8 Å².